The molecule has 1 aliphatic heterocycles. The molecule has 18 heavy (non-hydrogen) atoms. The molecular weight excluding hydrogens is 240 g/mol. The highest BCUT2D eigenvalue weighted by Gasteiger charge is 2.34. The summed E-state index contributed by atoms with van der Waals surface area (Å²) in [6.07, 6.45) is 0.630. The molecule has 1 heterocycles. The van der Waals surface area contributed by atoms with E-state index in [0.29, 0.717) is 13.0 Å². The van der Waals surface area contributed by atoms with E-state index in [9.17, 15) is 13.9 Å². The van der Waals surface area contributed by atoms with Crippen molar-refractivity contribution >= 4 is 0 Å². The van der Waals surface area contributed by atoms with E-state index in [1.807, 2.05) is 6.92 Å². The van der Waals surface area contributed by atoms with Crippen LogP contribution in [-0.2, 0) is 13.0 Å². The second-order valence-electron chi connectivity index (χ2n) is 4.93. The number of fused-ring (bicyclic) bond motifs is 1. The largest absolute Gasteiger partial charge is 0.508 e. The molecule has 0 bridgehead atoms. The Hall–Kier alpha value is -1.20. The first kappa shape index (κ1) is 13.2. The summed E-state index contributed by atoms with van der Waals surface area (Å²) in [5, 5.41) is 18.0. The van der Waals surface area contributed by atoms with Gasteiger partial charge in [-0.1, -0.05) is 6.07 Å². The summed E-state index contributed by atoms with van der Waals surface area (Å²) < 4.78 is 26.4. The van der Waals surface area contributed by atoms with Gasteiger partial charge in [-0.25, -0.2) is 8.78 Å². The highest BCUT2D eigenvalue weighted by molar-refractivity contribution is 5.36. The zero-order chi connectivity index (χ0) is 13.3. The summed E-state index contributed by atoms with van der Waals surface area (Å²) >= 11 is 0. The Morgan fingerprint density at radius 1 is 1.39 bits per heavy atom. The van der Waals surface area contributed by atoms with E-state index < -0.39 is 19.1 Å². The maximum absolute atomic E-state index is 13.2. The van der Waals surface area contributed by atoms with Crippen molar-refractivity contribution in [2.75, 3.05) is 13.2 Å². The van der Waals surface area contributed by atoms with Gasteiger partial charge in [0.05, 0.1) is 6.54 Å². The second-order valence-corrected chi connectivity index (χ2v) is 4.93. The molecule has 5 heteroatoms. The Morgan fingerprint density at radius 3 is 2.78 bits per heavy atom. The molecule has 2 N–H and O–H groups in total. The molecule has 1 atom stereocenters. The molecule has 3 nitrogen and oxygen atoms in total. The summed E-state index contributed by atoms with van der Waals surface area (Å²) in [6.45, 7) is 0.733. The van der Waals surface area contributed by atoms with Gasteiger partial charge >= 0.3 is 0 Å². The van der Waals surface area contributed by atoms with E-state index in [1.165, 1.54) is 0 Å². The smallest absolute Gasteiger partial charge is 0.283 e. The lowest BCUT2D eigenvalue weighted by Crippen LogP contribution is -2.46. The van der Waals surface area contributed by atoms with Crippen LogP contribution in [-0.4, -0.2) is 40.2 Å². The monoisotopic (exact) mass is 257 g/mol. The topological polar surface area (TPSA) is 43.7 Å². The fourth-order valence-corrected chi connectivity index (χ4v) is 2.34. The fraction of sp³-hybridized carbons (Fsp3) is 0.538. The zero-order valence-electron chi connectivity index (χ0n) is 10.2. The van der Waals surface area contributed by atoms with Crippen LogP contribution in [0, 0.1) is 0 Å². The van der Waals surface area contributed by atoms with E-state index in [1.54, 1.807) is 23.1 Å². The van der Waals surface area contributed by atoms with Crippen LogP contribution in [0.1, 0.15) is 18.1 Å². The van der Waals surface area contributed by atoms with Gasteiger partial charge in [0.15, 0.2) is 0 Å². The lowest BCUT2D eigenvalue weighted by Gasteiger charge is -2.36. The molecule has 0 amide bonds. The van der Waals surface area contributed by atoms with Crippen LogP contribution >= 0.6 is 0 Å². The molecule has 0 aromatic heterocycles. The molecule has 0 fully saturated rings. The Balaban J connectivity index is 2.16. The van der Waals surface area contributed by atoms with Crippen LogP contribution in [0.5, 0.6) is 5.75 Å². The molecule has 2 rings (SSSR count). The molecule has 1 aromatic carbocycles. The van der Waals surface area contributed by atoms with E-state index in [0.717, 1.165) is 11.1 Å². The van der Waals surface area contributed by atoms with E-state index in [4.69, 9.17) is 5.11 Å². The van der Waals surface area contributed by atoms with Crippen LogP contribution in [0.4, 0.5) is 8.78 Å². The molecule has 0 aliphatic carbocycles. The van der Waals surface area contributed by atoms with E-state index in [-0.39, 0.29) is 11.8 Å². The Labute approximate surface area is 105 Å². The van der Waals surface area contributed by atoms with Crippen LogP contribution in [0.3, 0.4) is 0 Å². The van der Waals surface area contributed by atoms with Gasteiger partial charge < -0.3 is 10.2 Å². The number of phenols is 1. The van der Waals surface area contributed by atoms with Crippen molar-refractivity contribution in [1.82, 2.24) is 4.90 Å². The first-order valence-electron chi connectivity index (χ1n) is 5.95. The molecule has 100 valence electrons. The maximum atomic E-state index is 13.2. The molecule has 0 radical (unpaired) electrons. The minimum absolute atomic E-state index is 0.0308. The van der Waals surface area contributed by atoms with Gasteiger partial charge in [-0.2, -0.15) is 0 Å². The van der Waals surface area contributed by atoms with Crippen molar-refractivity contribution in [1.29, 1.82) is 0 Å². The number of benzene rings is 1. The number of hydrogen-bond donors (Lipinski definition) is 2. The fourth-order valence-electron chi connectivity index (χ4n) is 2.34. The zero-order valence-corrected chi connectivity index (χ0v) is 10.2. The predicted molar refractivity (Wildman–Crippen MR) is 63.7 cm³/mol. The number of phenolic OH excluding ortho intramolecular Hbond substituents is 1. The number of alkyl halides is 2. The number of aliphatic hydroxyl groups excluding tert-OH is 1. The van der Waals surface area contributed by atoms with Crippen molar-refractivity contribution in [3.05, 3.63) is 29.3 Å². The summed E-state index contributed by atoms with van der Waals surface area (Å²) in [5.74, 6) is -2.86. The minimum Gasteiger partial charge on any atom is -0.508 e. The van der Waals surface area contributed by atoms with Gasteiger partial charge in [-0.3, -0.25) is 4.90 Å². The van der Waals surface area contributed by atoms with Crippen LogP contribution in [0.15, 0.2) is 18.2 Å². The SMILES string of the molecule is CC1Cc2cc(O)ccc2CN1CC(F)(F)CO. The molecule has 0 saturated heterocycles. The number of nitrogens with zero attached hydrogens (tertiary/aromatic N) is 1. The number of aliphatic hydroxyl groups is 1. The standard InChI is InChI=1S/C13H17F2NO2/c1-9-4-11-5-12(18)3-2-10(11)6-16(9)7-13(14,15)8-17/h2-3,5,9,17-18H,4,6-8H2,1H3. The molecule has 1 unspecified atom stereocenters. The summed E-state index contributed by atoms with van der Waals surface area (Å²) in [5.41, 5.74) is 1.96. The highest BCUT2D eigenvalue weighted by Crippen LogP contribution is 2.28. The van der Waals surface area contributed by atoms with E-state index in [2.05, 4.69) is 0 Å². The summed E-state index contributed by atoms with van der Waals surface area (Å²) in [4.78, 5) is 1.66. The summed E-state index contributed by atoms with van der Waals surface area (Å²) in [7, 11) is 0. The van der Waals surface area contributed by atoms with Gasteiger partial charge in [-0.15, -0.1) is 0 Å². The first-order chi connectivity index (χ1) is 8.41. The van der Waals surface area contributed by atoms with Gasteiger partial charge in [0.1, 0.15) is 12.4 Å². The lowest BCUT2D eigenvalue weighted by atomic mass is 9.94. The van der Waals surface area contributed by atoms with Crippen LogP contribution in [0.2, 0.25) is 0 Å². The Bertz CT molecular complexity index is 437. The Kier molecular flexibility index (Phi) is 3.54. The Morgan fingerprint density at radius 2 is 2.11 bits per heavy atom. The van der Waals surface area contributed by atoms with Gasteiger partial charge in [0.2, 0.25) is 0 Å². The third-order valence-electron chi connectivity index (χ3n) is 3.37. The number of rotatable bonds is 3. The first-order valence-corrected chi connectivity index (χ1v) is 5.95. The number of aromatic hydroxyl groups is 1. The lowest BCUT2D eigenvalue weighted by molar-refractivity contribution is -0.0818. The van der Waals surface area contributed by atoms with Crippen LogP contribution < -0.4 is 0 Å². The van der Waals surface area contributed by atoms with Gasteiger partial charge in [-0.05, 0) is 36.6 Å². The van der Waals surface area contributed by atoms with Crippen LogP contribution in [0.25, 0.3) is 0 Å². The highest BCUT2D eigenvalue weighted by atomic mass is 19.3. The van der Waals surface area contributed by atoms with Crippen molar-refractivity contribution in [3.63, 3.8) is 0 Å². The number of halogens is 2. The molecule has 0 saturated carbocycles. The minimum atomic E-state index is -3.07. The second kappa shape index (κ2) is 4.82. The molecular formula is C13H17F2NO2. The number of hydrogen-bond acceptors (Lipinski definition) is 3. The average Bonchev–Trinajstić information content (AvgIpc) is 2.30. The molecule has 1 aromatic rings. The maximum Gasteiger partial charge on any atom is 0.283 e. The van der Waals surface area contributed by atoms with Gasteiger partial charge in [0.25, 0.3) is 5.92 Å². The van der Waals surface area contributed by atoms with Gasteiger partial charge in [0, 0.05) is 12.6 Å². The van der Waals surface area contributed by atoms with Crippen molar-refractivity contribution in [2.24, 2.45) is 0 Å². The normalized spacial score (nSPS) is 20.8. The molecule has 0 spiro atoms. The molecule has 1 aliphatic rings. The predicted octanol–water partition coefficient (Wildman–Crippen LogP) is 1.77. The van der Waals surface area contributed by atoms with Crippen molar-refractivity contribution in [2.45, 2.75) is 31.9 Å². The summed E-state index contributed by atoms with van der Waals surface area (Å²) in [6, 6.07) is 4.99. The van der Waals surface area contributed by atoms with E-state index >= 15 is 0 Å². The third-order valence-corrected chi connectivity index (χ3v) is 3.37. The van der Waals surface area contributed by atoms with Crippen molar-refractivity contribution in [3.8, 4) is 5.75 Å². The quantitative estimate of drug-likeness (QED) is 0.867. The van der Waals surface area contributed by atoms with Crippen molar-refractivity contribution < 1.29 is 19.0 Å². The third kappa shape index (κ3) is 2.79. The average molecular weight is 257 g/mol.